The Bertz CT molecular complexity index is 341. The molecule has 3 heteroatoms. The van der Waals surface area contributed by atoms with Crippen LogP contribution in [-0.4, -0.2) is 25.0 Å². The molecule has 1 rings (SSSR count). The molecule has 0 spiro atoms. The van der Waals surface area contributed by atoms with Crippen LogP contribution in [0.15, 0.2) is 29.2 Å². The van der Waals surface area contributed by atoms with E-state index in [-0.39, 0.29) is 0 Å². The van der Waals surface area contributed by atoms with Crippen LogP contribution >= 0.6 is 11.8 Å². The summed E-state index contributed by atoms with van der Waals surface area (Å²) in [6, 6.07) is 9.32. The van der Waals surface area contributed by atoms with Crippen LogP contribution in [0.2, 0.25) is 0 Å². The Balaban J connectivity index is 2.48. The van der Waals surface area contributed by atoms with Crippen molar-refractivity contribution in [2.24, 2.45) is 0 Å². The van der Waals surface area contributed by atoms with E-state index in [0.717, 1.165) is 19.6 Å². The second-order valence-corrected chi connectivity index (χ2v) is 6.40. The van der Waals surface area contributed by atoms with Crippen molar-refractivity contribution in [1.82, 2.24) is 5.32 Å². The number of nitrogens with one attached hydrogen (secondary N) is 1. The fourth-order valence-electron chi connectivity index (χ4n) is 1.63. The van der Waals surface area contributed by atoms with E-state index in [1.807, 2.05) is 11.8 Å². The van der Waals surface area contributed by atoms with E-state index in [1.54, 1.807) is 7.11 Å². The van der Waals surface area contributed by atoms with Gasteiger partial charge in [-0.1, -0.05) is 32.9 Å². The summed E-state index contributed by atoms with van der Waals surface area (Å²) < 4.78 is 5.12. The Morgan fingerprint density at radius 3 is 2.72 bits per heavy atom. The summed E-state index contributed by atoms with van der Waals surface area (Å²) in [7, 11) is 1.76. The summed E-state index contributed by atoms with van der Waals surface area (Å²) in [4.78, 5) is 1.35. The minimum atomic E-state index is 0.530. The molecule has 1 unspecified atom stereocenters. The smallest absolute Gasteiger partial charge is 0.0472 e. The van der Waals surface area contributed by atoms with E-state index in [2.05, 4.69) is 50.4 Å². The average molecular weight is 267 g/mol. The van der Waals surface area contributed by atoms with E-state index < -0.39 is 0 Å². The van der Waals surface area contributed by atoms with E-state index in [1.165, 1.54) is 10.5 Å². The fraction of sp³-hybridized carbons (Fsp3) is 0.600. The maximum Gasteiger partial charge on any atom is 0.0472 e. The molecule has 0 heterocycles. The second kappa shape index (κ2) is 8.57. The number of rotatable bonds is 8. The Morgan fingerprint density at radius 2 is 2.06 bits per heavy atom. The zero-order valence-electron chi connectivity index (χ0n) is 11.9. The lowest BCUT2D eigenvalue weighted by Gasteiger charge is -2.12. The number of hydrogen-bond donors (Lipinski definition) is 1. The zero-order chi connectivity index (χ0) is 13.4. The normalized spacial score (nSPS) is 12.9. The molecular formula is C15H25NOS. The third kappa shape index (κ3) is 6.43. The van der Waals surface area contributed by atoms with Crippen molar-refractivity contribution >= 4 is 11.8 Å². The van der Waals surface area contributed by atoms with Gasteiger partial charge in [0.15, 0.2) is 0 Å². The second-order valence-electron chi connectivity index (χ2n) is 4.89. The first kappa shape index (κ1) is 15.5. The Hall–Kier alpha value is -0.510. The Labute approximate surface area is 116 Å². The molecule has 18 heavy (non-hydrogen) atoms. The summed E-state index contributed by atoms with van der Waals surface area (Å²) in [5.41, 5.74) is 1.35. The largest absolute Gasteiger partial charge is 0.385 e. The molecule has 0 aromatic heterocycles. The molecule has 0 fully saturated rings. The van der Waals surface area contributed by atoms with Crippen LogP contribution in [0.3, 0.4) is 0 Å². The van der Waals surface area contributed by atoms with Gasteiger partial charge in [0.1, 0.15) is 0 Å². The molecule has 0 amide bonds. The molecule has 0 bridgehead atoms. The molecule has 0 aliphatic carbocycles. The highest BCUT2D eigenvalue weighted by Crippen LogP contribution is 2.25. The van der Waals surface area contributed by atoms with Gasteiger partial charge in [-0.05, 0) is 24.1 Å². The number of methoxy groups -OCH3 is 1. The quantitative estimate of drug-likeness (QED) is 0.726. The molecule has 0 radical (unpaired) electrons. The van der Waals surface area contributed by atoms with Crippen LogP contribution in [0.5, 0.6) is 0 Å². The van der Waals surface area contributed by atoms with Gasteiger partial charge in [0, 0.05) is 36.4 Å². The molecule has 0 saturated heterocycles. The summed E-state index contributed by atoms with van der Waals surface area (Å²) in [5.74, 6) is 0. The molecule has 1 aromatic carbocycles. The lowest BCUT2D eigenvalue weighted by molar-refractivity contribution is 0.195. The maximum atomic E-state index is 5.12. The average Bonchev–Trinajstić information content (AvgIpc) is 2.34. The Kier molecular flexibility index (Phi) is 7.40. The van der Waals surface area contributed by atoms with Crippen LogP contribution in [-0.2, 0) is 11.3 Å². The molecule has 0 saturated carbocycles. The van der Waals surface area contributed by atoms with Gasteiger partial charge in [0.25, 0.3) is 0 Å². The third-order valence-electron chi connectivity index (χ3n) is 2.68. The van der Waals surface area contributed by atoms with Crippen molar-refractivity contribution in [3.63, 3.8) is 0 Å². The number of thioether (sulfide) groups is 1. The molecule has 1 atom stereocenters. The minimum absolute atomic E-state index is 0.530. The molecule has 0 aliphatic heterocycles. The maximum absolute atomic E-state index is 5.12. The highest BCUT2D eigenvalue weighted by atomic mass is 32.2. The fourth-order valence-corrected chi connectivity index (χ4v) is 2.68. The van der Waals surface area contributed by atoms with Crippen LogP contribution in [0.4, 0.5) is 0 Å². The van der Waals surface area contributed by atoms with Crippen molar-refractivity contribution in [2.45, 2.75) is 49.9 Å². The predicted molar refractivity (Wildman–Crippen MR) is 80.2 cm³/mol. The highest BCUT2D eigenvalue weighted by Gasteiger charge is 2.05. The van der Waals surface area contributed by atoms with Gasteiger partial charge in [-0.15, -0.1) is 11.8 Å². The van der Waals surface area contributed by atoms with Crippen LogP contribution in [0.25, 0.3) is 0 Å². The summed E-state index contributed by atoms with van der Waals surface area (Å²) >= 11 is 1.92. The van der Waals surface area contributed by atoms with Gasteiger partial charge < -0.3 is 10.1 Å². The molecule has 0 aliphatic rings. The van der Waals surface area contributed by atoms with Crippen LogP contribution < -0.4 is 5.32 Å². The monoisotopic (exact) mass is 267 g/mol. The summed E-state index contributed by atoms with van der Waals surface area (Å²) in [5, 5.41) is 4.04. The first-order valence-electron chi connectivity index (χ1n) is 6.59. The first-order valence-corrected chi connectivity index (χ1v) is 7.47. The van der Waals surface area contributed by atoms with Crippen molar-refractivity contribution in [2.75, 3.05) is 13.7 Å². The van der Waals surface area contributed by atoms with Gasteiger partial charge in [-0.25, -0.2) is 0 Å². The van der Waals surface area contributed by atoms with Crippen molar-refractivity contribution in [3.05, 3.63) is 29.8 Å². The standard InChI is InChI=1S/C15H25NOS/c1-12(2)16-11-14-6-5-7-15(10-14)18-13(3)8-9-17-4/h5-7,10,12-13,16H,8-9,11H2,1-4H3. The van der Waals surface area contributed by atoms with E-state index in [9.17, 15) is 0 Å². The van der Waals surface area contributed by atoms with Crippen LogP contribution in [0.1, 0.15) is 32.8 Å². The van der Waals surface area contributed by atoms with Gasteiger partial charge >= 0.3 is 0 Å². The molecular weight excluding hydrogens is 242 g/mol. The van der Waals surface area contributed by atoms with Gasteiger partial charge in [-0.2, -0.15) is 0 Å². The van der Waals surface area contributed by atoms with Gasteiger partial charge in [-0.3, -0.25) is 0 Å². The van der Waals surface area contributed by atoms with Gasteiger partial charge in [0.2, 0.25) is 0 Å². The SMILES string of the molecule is COCCC(C)Sc1cccc(CNC(C)C)c1. The molecule has 1 aromatic rings. The number of ether oxygens (including phenoxy) is 1. The summed E-state index contributed by atoms with van der Waals surface area (Å²) in [6.45, 7) is 8.38. The summed E-state index contributed by atoms with van der Waals surface area (Å²) in [6.07, 6.45) is 1.09. The van der Waals surface area contributed by atoms with Crippen molar-refractivity contribution in [1.29, 1.82) is 0 Å². The van der Waals surface area contributed by atoms with Crippen molar-refractivity contribution < 1.29 is 4.74 Å². The Morgan fingerprint density at radius 1 is 1.28 bits per heavy atom. The highest BCUT2D eigenvalue weighted by molar-refractivity contribution is 7.99. The van der Waals surface area contributed by atoms with Gasteiger partial charge in [0.05, 0.1) is 0 Å². The lowest BCUT2D eigenvalue weighted by atomic mass is 10.2. The van der Waals surface area contributed by atoms with E-state index in [0.29, 0.717) is 11.3 Å². The van der Waals surface area contributed by atoms with Crippen LogP contribution in [0, 0.1) is 0 Å². The molecule has 102 valence electrons. The topological polar surface area (TPSA) is 21.3 Å². The molecule has 2 nitrogen and oxygen atoms in total. The van der Waals surface area contributed by atoms with E-state index in [4.69, 9.17) is 4.74 Å². The van der Waals surface area contributed by atoms with Crippen molar-refractivity contribution in [3.8, 4) is 0 Å². The third-order valence-corrected chi connectivity index (χ3v) is 3.84. The lowest BCUT2D eigenvalue weighted by Crippen LogP contribution is -2.21. The van der Waals surface area contributed by atoms with E-state index >= 15 is 0 Å². The first-order chi connectivity index (χ1) is 8.61. The minimum Gasteiger partial charge on any atom is -0.385 e. The number of benzene rings is 1. The zero-order valence-corrected chi connectivity index (χ0v) is 12.7. The molecule has 1 N–H and O–H groups in total. The predicted octanol–water partition coefficient (Wildman–Crippen LogP) is 3.70. The number of hydrogen-bond acceptors (Lipinski definition) is 3.